The summed E-state index contributed by atoms with van der Waals surface area (Å²) in [7, 11) is 0. The van der Waals surface area contributed by atoms with E-state index in [-0.39, 0.29) is 0 Å². The van der Waals surface area contributed by atoms with Crippen LogP contribution in [0.5, 0.6) is 0 Å². The number of aromatic nitrogens is 3. The van der Waals surface area contributed by atoms with Crippen LogP contribution in [0.25, 0.3) is 5.82 Å². The van der Waals surface area contributed by atoms with E-state index in [4.69, 9.17) is 11.6 Å². The molecule has 0 spiro atoms. The third-order valence-corrected chi connectivity index (χ3v) is 2.25. The van der Waals surface area contributed by atoms with Crippen LogP contribution in [0.15, 0.2) is 35.5 Å². The van der Waals surface area contributed by atoms with Crippen molar-refractivity contribution in [3.8, 4) is 5.82 Å². The smallest absolute Gasteiger partial charge is 0.156 e. The van der Waals surface area contributed by atoms with E-state index < -0.39 is 0 Å². The lowest BCUT2D eigenvalue weighted by Gasteiger charge is -2.02. The van der Waals surface area contributed by atoms with Crippen LogP contribution in [0.4, 0.5) is 0 Å². The predicted molar refractivity (Wildman–Crippen MR) is 54.1 cm³/mol. The summed E-state index contributed by atoms with van der Waals surface area (Å²) >= 11 is 9.27. The average Bonchev–Trinajstić information content (AvgIpc) is 2.56. The van der Waals surface area contributed by atoms with Crippen LogP contribution in [-0.2, 0) is 0 Å². The van der Waals surface area contributed by atoms with Gasteiger partial charge in [0.05, 0.1) is 5.02 Å². The number of hydrogen-bond acceptors (Lipinski definition) is 2. The fraction of sp³-hybridized carbons (Fsp3) is 0. The van der Waals surface area contributed by atoms with Gasteiger partial charge >= 0.3 is 0 Å². The number of rotatable bonds is 1. The molecule has 0 bridgehead atoms. The van der Waals surface area contributed by atoms with Crippen molar-refractivity contribution in [2.45, 2.75) is 0 Å². The van der Waals surface area contributed by atoms with E-state index in [9.17, 15) is 0 Å². The van der Waals surface area contributed by atoms with Gasteiger partial charge < -0.3 is 0 Å². The fourth-order valence-corrected chi connectivity index (χ4v) is 1.71. The first-order valence-corrected chi connectivity index (χ1v) is 4.74. The number of halogens is 2. The zero-order valence-electron chi connectivity index (χ0n) is 6.48. The quantitative estimate of drug-likeness (QED) is 0.787. The molecule has 2 aromatic heterocycles. The zero-order chi connectivity index (χ0) is 9.26. The highest BCUT2D eigenvalue weighted by atomic mass is 79.9. The van der Waals surface area contributed by atoms with Crippen LogP contribution in [0, 0.1) is 0 Å². The number of nitrogens with zero attached hydrogens (tertiary/aromatic N) is 3. The SMILES string of the molecule is Clc1cc(Br)cnc1-n1ccnc1. The molecule has 3 nitrogen and oxygen atoms in total. The summed E-state index contributed by atoms with van der Waals surface area (Å²) in [5.74, 6) is 0.683. The van der Waals surface area contributed by atoms with Gasteiger partial charge in [-0.05, 0) is 22.0 Å². The number of imidazole rings is 1. The molecule has 0 fully saturated rings. The van der Waals surface area contributed by atoms with Crippen LogP contribution >= 0.6 is 27.5 Å². The summed E-state index contributed by atoms with van der Waals surface area (Å²) in [4.78, 5) is 8.08. The van der Waals surface area contributed by atoms with E-state index in [1.165, 1.54) is 0 Å². The van der Waals surface area contributed by atoms with E-state index in [1.54, 1.807) is 35.6 Å². The highest BCUT2D eigenvalue weighted by Gasteiger charge is 2.03. The van der Waals surface area contributed by atoms with E-state index in [2.05, 4.69) is 25.9 Å². The molecule has 0 atom stereocenters. The van der Waals surface area contributed by atoms with Crippen LogP contribution in [-0.4, -0.2) is 14.5 Å². The Labute approximate surface area is 88.5 Å². The summed E-state index contributed by atoms with van der Waals surface area (Å²) in [5, 5.41) is 0.590. The van der Waals surface area contributed by atoms with Crippen molar-refractivity contribution in [3.63, 3.8) is 0 Å². The molecule has 0 aromatic carbocycles. The molecule has 0 N–H and O–H groups in total. The normalized spacial score (nSPS) is 10.3. The second kappa shape index (κ2) is 3.47. The van der Waals surface area contributed by atoms with E-state index in [0.717, 1.165) is 4.47 Å². The first kappa shape index (κ1) is 8.72. The van der Waals surface area contributed by atoms with Crippen molar-refractivity contribution in [2.24, 2.45) is 0 Å². The molecule has 0 unspecified atom stereocenters. The van der Waals surface area contributed by atoms with Gasteiger partial charge in [-0.15, -0.1) is 0 Å². The fourth-order valence-electron chi connectivity index (χ4n) is 0.982. The van der Waals surface area contributed by atoms with Gasteiger partial charge in [0, 0.05) is 23.1 Å². The molecular formula is C8H5BrClN3. The largest absolute Gasteiger partial charge is 0.289 e. The first-order valence-electron chi connectivity index (χ1n) is 3.57. The maximum atomic E-state index is 5.98. The van der Waals surface area contributed by atoms with Gasteiger partial charge in [-0.1, -0.05) is 11.6 Å². The maximum Gasteiger partial charge on any atom is 0.156 e. The Hall–Kier alpha value is -0.870. The minimum absolute atomic E-state index is 0.590. The third-order valence-electron chi connectivity index (χ3n) is 1.54. The highest BCUT2D eigenvalue weighted by Crippen LogP contribution is 2.21. The van der Waals surface area contributed by atoms with E-state index in [0.29, 0.717) is 10.8 Å². The van der Waals surface area contributed by atoms with Gasteiger partial charge in [0.25, 0.3) is 0 Å². The Morgan fingerprint density at radius 1 is 1.46 bits per heavy atom. The highest BCUT2D eigenvalue weighted by molar-refractivity contribution is 9.10. The molecule has 0 aliphatic carbocycles. The van der Waals surface area contributed by atoms with Gasteiger partial charge in [-0.2, -0.15) is 0 Å². The van der Waals surface area contributed by atoms with Gasteiger partial charge in [-0.3, -0.25) is 4.57 Å². The lowest BCUT2D eigenvalue weighted by molar-refractivity contribution is 0.991. The summed E-state index contributed by atoms with van der Waals surface area (Å²) in [6.45, 7) is 0. The second-order valence-electron chi connectivity index (χ2n) is 2.43. The lowest BCUT2D eigenvalue weighted by atomic mass is 10.4. The van der Waals surface area contributed by atoms with E-state index >= 15 is 0 Å². The summed E-state index contributed by atoms with van der Waals surface area (Å²) in [5.41, 5.74) is 0. The van der Waals surface area contributed by atoms with Crippen molar-refractivity contribution in [1.29, 1.82) is 0 Å². The molecule has 0 saturated carbocycles. The molecular weight excluding hydrogens is 253 g/mol. The van der Waals surface area contributed by atoms with Crippen molar-refractivity contribution in [2.75, 3.05) is 0 Å². The molecule has 66 valence electrons. The van der Waals surface area contributed by atoms with Crippen LogP contribution in [0.3, 0.4) is 0 Å². The molecule has 0 amide bonds. The van der Waals surface area contributed by atoms with Gasteiger partial charge in [0.2, 0.25) is 0 Å². The minimum atomic E-state index is 0.590. The standard InChI is InChI=1S/C8H5BrClN3/c9-6-3-7(10)8(12-4-6)13-2-1-11-5-13/h1-5H. The molecule has 0 aliphatic heterocycles. The van der Waals surface area contributed by atoms with Crippen LogP contribution in [0.1, 0.15) is 0 Å². The van der Waals surface area contributed by atoms with Crippen molar-refractivity contribution in [3.05, 3.63) is 40.5 Å². The molecule has 0 aliphatic rings. The first-order chi connectivity index (χ1) is 6.27. The van der Waals surface area contributed by atoms with Crippen LogP contribution in [0.2, 0.25) is 5.02 Å². The summed E-state index contributed by atoms with van der Waals surface area (Å²) < 4.78 is 2.62. The molecule has 0 radical (unpaired) electrons. The Morgan fingerprint density at radius 3 is 2.92 bits per heavy atom. The number of pyridine rings is 1. The average molecular weight is 259 g/mol. The van der Waals surface area contributed by atoms with Crippen LogP contribution < -0.4 is 0 Å². The molecule has 0 saturated heterocycles. The Kier molecular flexibility index (Phi) is 2.33. The van der Waals surface area contributed by atoms with Crippen molar-refractivity contribution >= 4 is 27.5 Å². The maximum absolute atomic E-state index is 5.98. The second-order valence-corrected chi connectivity index (χ2v) is 3.75. The topological polar surface area (TPSA) is 30.7 Å². The predicted octanol–water partition coefficient (Wildman–Crippen LogP) is 2.68. The third kappa shape index (κ3) is 1.73. The number of hydrogen-bond donors (Lipinski definition) is 0. The summed E-state index contributed by atoms with van der Waals surface area (Å²) in [6, 6.07) is 1.80. The van der Waals surface area contributed by atoms with Gasteiger partial charge in [0.1, 0.15) is 6.33 Å². The monoisotopic (exact) mass is 257 g/mol. The van der Waals surface area contributed by atoms with E-state index in [1.807, 2.05) is 0 Å². The zero-order valence-corrected chi connectivity index (χ0v) is 8.83. The Balaban J connectivity index is 2.53. The van der Waals surface area contributed by atoms with Crippen molar-refractivity contribution in [1.82, 2.24) is 14.5 Å². The molecule has 2 rings (SSSR count). The van der Waals surface area contributed by atoms with Gasteiger partial charge in [0.15, 0.2) is 5.82 Å². The molecule has 13 heavy (non-hydrogen) atoms. The Morgan fingerprint density at radius 2 is 2.31 bits per heavy atom. The Bertz CT molecular complexity index is 413. The molecule has 2 heterocycles. The summed E-state index contributed by atoms with van der Waals surface area (Å²) in [6.07, 6.45) is 6.82. The minimum Gasteiger partial charge on any atom is -0.289 e. The molecule has 2 aromatic rings. The molecule has 5 heteroatoms. The lowest BCUT2D eigenvalue weighted by Crippen LogP contribution is -1.94. The van der Waals surface area contributed by atoms with Gasteiger partial charge in [-0.25, -0.2) is 9.97 Å². The van der Waals surface area contributed by atoms with Crippen molar-refractivity contribution < 1.29 is 0 Å².